The fraction of sp³-hybridized carbons (Fsp3) is 0.238. The van der Waals surface area contributed by atoms with Gasteiger partial charge in [-0.25, -0.2) is 4.99 Å². The van der Waals surface area contributed by atoms with E-state index in [2.05, 4.69) is 32.9 Å². The predicted molar refractivity (Wildman–Crippen MR) is 125 cm³/mol. The summed E-state index contributed by atoms with van der Waals surface area (Å²) in [6.07, 6.45) is 1.82. The molecular weight excluding hydrogens is 503 g/mol. The Balaban J connectivity index is 1.81. The van der Waals surface area contributed by atoms with Gasteiger partial charge in [-0.1, -0.05) is 0 Å². The molecule has 1 fully saturated rings. The number of nitrogens with zero attached hydrogens (tertiary/aromatic N) is 1. The van der Waals surface area contributed by atoms with Crippen molar-refractivity contribution in [1.82, 2.24) is 5.32 Å². The van der Waals surface area contributed by atoms with E-state index < -0.39 is 0 Å². The Bertz CT molecular complexity index is 958. The molecule has 1 aliphatic heterocycles. The first kappa shape index (κ1) is 21.5. The molecule has 0 aliphatic carbocycles. The van der Waals surface area contributed by atoms with Gasteiger partial charge in [-0.2, -0.15) is 0 Å². The van der Waals surface area contributed by atoms with Crippen LogP contribution in [-0.2, 0) is 4.79 Å². The van der Waals surface area contributed by atoms with Crippen molar-refractivity contribution in [2.24, 2.45) is 4.99 Å². The highest BCUT2D eigenvalue weighted by molar-refractivity contribution is 14.1. The van der Waals surface area contributed by atoms with E-state index in [1.54, 1.807) is 7.11 Å². The summed E-state index contributed by atoms with van der Waals surface area (Å²) in [5.74, 6) is 1.96. The predicted octanol–water partition coefficient (Wildman–Crippen LogP) is 4.99. The van der Waals surface area contributed by atoms with Crippen LogP contribution in [0.25, 0.3) is 6.08 Å². The minimum Gasteiger partial charge on any atom is -0.494 e. The number of aliphatic imine (C=N–C) groups is 1. The second-order valence-electron chi connectivity index (χ2n) is 5.88. The number of hydrogen-bond acceptors (Lipinski definition) is 6. The van der Waals surface area contributed by atoms with E-state index >= 15 is 0 Å². The van der Waals surface area contributed by atoms with Gasteiger partial charge < -0.3 is 19.5 Å². The molecule has 2 aromatic carbocycles. The third kappa shape index (κ3) is 5.45. The number of carbonyl (C=O) groups is 1. The van der Waals surface area contributed by atoms with Gasteiger partial charge in [0.15, 0.2) is 16.7 Å². The zero-order valence-electron chi connectivity index (χ0n) is 16.3. The van der Waals surface area contributed by atoms with Gasteiger partial charge in [0.1, 0.15) is 5.75 Å². The second-order valence-corrected chi connectivity index (χ2v) is 8.07. The Hall–Kier alpha value is -2.20. The third-order valence-electron chi connectivity index (χ3n) is 3.87. The molecule has 2 aromatic rings. The summed E-state index contributed by atoms with van der Waals surface area (Å²) in [7, 11) is 1.60. The molecule has 8 heteroatoms. The van der Waals surface area contributed by atoms with Crippen molar-refractivity contribution in [3.8, 4) is 17.2 Å². The van der Waals surface area contributed by atoms with Crippen LogP contribution in [0.15, 0.2) is 46.3 Å². The van der Waals surface area contributed by atoms with Gasteiger partial charge in [-0.3, -0.25) is 4.79 Å². The lowest BCUT2D eigenvalue weighted by Crippen LogP contribution is -2.19. The smallest absolute Gasteiger partial charge is 0.264 e. The lowest BCUT2D eigenvalue weighted by Gasteiger charge is -2.12. The molecule has 1 heterocycles. The van der Waals surface area contributed by atoms with Crippen LogP contribution in [0.2, 0.25) is 0 Å². The number of benzene rings is 2. The van der Waals surface area contributed by atoms with E-state index in [0.29, 0.717) is 34.8 Å². The number of ether oxygens (including phenoxy) is 3. The maximum atomic E-state index is 12.4. The summed E-state index contributed by atoms with van der Waals surface area (Å²) in [4.78, 5) is 17.4. The topological polar surface area (TPSA) is 69.2 Å². The lowest BCUT2D eigenvalue weighted by molar-refractivity contribution is -0.115. The first-order chi connectivity index (χ1) is 14.0. The number of thioether (sulfide) groups is 1. The molecule has 0 unspecified atom stereocenters. The van der Waals surface area contributed by atoms with E-state index in [1.807, 2.05) is 56.3 Å². The Morgan fingerprint density at radius 1 is 1.14 bits per heavy atom. The van der Waals surface area contributed by atoms with Crippen molar-refractivity contribution in [2.75, 3.05) is 20.3 Å². The first-order valence-electron chi connectivity index (χ1n) is 9.06. The maximum Gasteiger partial charge on any atom is 0.264 e. The standard InChI is InChI=1S/C21H21IN2O4S/c1-4-27-15-8-6-14(7-9-15)23-21-24-20(25)18(29-21)12-13-10-16(22)19(28-5-2)17(11-13)26-3/h6-12H,4-5H2,1-3H3,(H,23,24,25)/b18-12+. The number of rotatable bonds is 7. The zero-order valence-corrected chi connectivity index (χ0v) is 19.3. The number of nitrogens with one attached hydrogen (secondary N) is 1. The van der Waals surface area contributed by atoms with Gasteiger partial charge in [0.2, 0.25) is 0 Å². The van der Waals surface area contributed by atoms with E-state index in [-0.39, 0.29) is 5.91 Å². The normalized spacial score (nSPS) is 16.2. The molecular formula is C21H21IN2O4S. The van der Waals surface area contributed by atoms with Crippen LogP contribution in [0.1, 0.15) is 19.4 Å². The van der Waals surface area contributed by atoms with Crippen LogP contribution in [0, 0.1) is 3.57 Å². The molecule has 1 saturated heterocycles. The van der Waals surface area contributed by atoms with Crippen molar-refractivity contribution in [3.63, 3.8) is 0 Å². The molecule has 29 heavy (non-hydrogen) atoms. The van der Waals surface area contributed by atoms with Gasteiger partial charge in [0, 0.05) is 0 Å². The first-order valence-corrected chi connectivity index (χ1v) is 11.0. The van der Waals surface area contributed by atoms with Gasteiger partial charge >= 0.3 is 0 Å². The molecule has 1 N–H and O–H groups in total. The molecule has 1 aliphatic rings. The largest absolute Gasteiger partial charge is 0.494 e. The molecule has 0 aromatic heterocycles. The molecule has 1 amide bonds. The highest BCUT2D eigenvalue weighted by Crippen LogP contribution is 2.36. The number of amidine groups is 1. The minimum atomic E-state index is -0.178. The SMILES string of the molecule is CCOc1ccc(N=C2NC(=O)/C(=C\c3cc(I)c(OCC)c(OC)c3)S2)cc1. The quantitative estimate of drug-likeness (QED) is 0.409. The van der Waals surface area contributed by atoms with E-state index in [4.69, 9.17) is 14.2 Å². The molecule has 0 radical (unpaired) electrons. The number of amides is 1. The summed E-state index contributed by atoms with van der Waals surface area (Å²) < 4.78 is 17.4. The lowest BCUT2D eigenvalue weighted by atomic mass is 10.2. The number of carbonyl (C=O) groups excluding carboxylic acids is 1. The molecule has 3 rings (SSSR count). The number of halogens is 1. The third-order valence-corrected chi connectivity index (χ3v) is 5.58. The molecule has 0 spiro atoms. The van der Waals surface area contributed by atoms with E-state index in [9.17, 15) is 4.79 Å². The summed E-state index contributed by atoms with van der Waals surface area (Å²) in [5.41, 5.74) is 1.60. The number of hydrogen-bond donors (Lipinski definition) is 1. The molecule has 0 atom stereocenters. The van der Waals surface area contributed by atoms with Crippen LogP contribution in [0.3, 0.4) is 0 Å². The van der Waals surface area contributed by atoms with Crippen molar-refractivity contribution in [1.29, 1.82) is 0 Å². The van der Waals surface area contributed by atoms with Crippen molar-refractivity contribution < 1.29 is 19.0 Å². The van der Waals surface area contributed by atoms with Crippen molar-refractivity contribution in [2.45, 2.75) is 13.8 Å². The van der Waals surface area contributed by atoms with Crippen LogP contribution < -0.4 is 19.5 Å². The van der Waals surface area contributed by atoms with Crippen molar-refractivity contribution in [3.05, 3.63) is 50.4 Å². The van der Waals surface area contributed by atoms with Crippen LogP contribution in [0.5, 0.6) is 17.2 Å². The average molecular weight is 524 g/mol. The summed E-state index contributed by atoms with van der Waals surface area (Å²) >= 11 is 3.50. The van der Waals surface area contributed by atoms with Crippen LogP contribution in [0.4, 0.5) is 5.69 Å². The molecule has 152 valence electrons. The van der Waals surface area contributed by atoms with Gasteiger partial charge in [-0.05, 0) is 96.2 Å². The fourth-order valence-electron chi connectivity index (χ4n) is 2.64. The highest BCUT2D eigenvalue weighted by atomic mass is 127. The molecule has 6 nitrogen and oxygen atoms in total. The Morgan fingerprint density at radius 2 is 1.86 bits per heavy atom. The van der Waals surface area contributed by atoms with Crippen LogP contribution >= 0.6 is 34.4 Å². The Kier molecular flexibility index (Phi) is 7.43. The second kappa shape index (κ2) is 10.0. The Morgan fingerprint density at radius 3 is 2.52 bits per heavy atom. The summed E-state index contributed by atoms with van der Waals surface area (Å²) in [5, 5.41) is 3.34. The van der Waals surface area contributed by atoms with E-state index in [1.165, 1.54) is 11.8 Å². The fourth-order valence-corrected chi connectivity index (χ4v) is 4.26. The Labute approximate surface area is 187 Å². The van der Waals surface area contributed by atoms with Gasteiger partial charge in [0.05, 0.1) is 34.5 Å². The molecule has 0 bridgehead atoms. The molecule has 0 saturated carbocycles. The summed E-state index contributed by atoms with van der Waals surface area (Å²) in [6, 6.07) is 11.2. The van der Waals surface area contributed by atoms with Crippen molar-refractivity contribution >= 4 is 57.2 Å². The minimum absolute atomic E-state index is 0.178. The highest BCUT2D eigenvalue weighted by Gasteiger charge is 2.24. The number of methoxy groups -OCH3 is 1. The average Bonchev–Trinajstić information content (AvgIpc) is 3.04. The zero-order chi connectivity index (χ0) is 20.8. The van der Waals surface area contributed by atoms with E-state index in [0.717, 1.165) is 20.6 Å². The van der Waals surface area contributed by atoms with Crippen LogP contribution in [-0.4, -0.2) is 31.4 Å². The van der Waals surface area contributed by atoms with Gasteiger partial charge in [-0.15, -0.1) is 0 Å². The van der Waals surface area contributed by atoms with Gasteiger partial charge in [0.25, 0.3) is 5.91 Å². The summed E-state index contributed by atoms with van der Waals surface area (Å²) in [6.45, 7) is 5.03. The monoisotopic (exact) mass is 524 g/mol. The maximum absolute atomic E-state index is 12.4.